The lowest BCUT2D eigenvalue weighted by Gasteiger charge is -2.01. The molecule has 0 heterocycles. The minimum absolute atomic E-state index is 0.00878. The smallest absolute Gasteiger partial charge is 0.342 e. The maximum atomic E-state index is 11.2. The number of hydrogen-bond donors (Lipinski definition) is 1. The lowest BCUT2D eigenvalue weighted by Crippen LogP contribution is -2.08. The third kappa shape index (κ3) is 6.24. The maximum absolute atomic E-state index is 11.2. The maximum Gasteiger partial charge on any atom is 0.342 e. The predicted octanol–water partition coefficient (Wildman–Crippen LogP) is 2.96. The van der Waals surface area contributed by atoms with E-state index in [9.17, 15) is 9.59 Å². The second-order valence-electron chi connectivity index (χ2n) is 3.70. The van der Waals surface area contributed by atoms with Crippen molar-refractivity contribution in [2.45, 2.75) is 6.92 Å². The van der Waals surface area contributed by atoms with E-state index in [4.69, 9.17) is 9.84 Å². The molecule has 0 radical (unpaired) electrons. The number of carbonyl (C=O) groups excluding carboxylic acids is 1. The molecule has 0 aliphatic rings. The Kier molecular flexibility index (Phi) is 7.21. The molecular weight excluding hydrogens is 276 g/mol. The number of carboxylic acids is 1. The lowest BCUT2D eigenvalue weighted by atomic mass is 10.2. The molecular formula is C15H16O4S. The zero-order valence-corrected chi connectivity index (χ0v) is 11.9. The van der Waals surface area contributed by atoms with Crippen LogP contribution in [0.25, 0.3) is 6.08 Å². The van der Waals surface area contributed by atoms with Crippen LogP contribution in [0.1, 0.15) is 12.5 Å². The van der Waals surface area contributed by atoms with Crippen molar-refractivity contribution in [1.82, 2.24) is 0 Å². The summed E-state index contributed by atoms with van der Waals surface area (Å²) in [5, 5.41) is 9.04. The van der Waals surface area contributed by atoms with Crippen molar-refractivity contribution in [3.63, 3.8) is 0 Å². The molecule has 0 spiro atoms. The molecule has 1 rings (SSSR count). The number of ether oxygens (including phenoxy) is 1. The topological polar surface area (TPSA) is 63.6 Å². The molecule has 0 saturated carbocycles. The molecule has 0 bridgehead atoms. The van der Waals surface area contributed by atoms with Crippen molar-refractivity contribution in [3.8, 4) is 0 Å². The first kappa shape index (κ1) is 16.0. The van der Waals surface area contributed by atoms with E-state index < -0.39 is 11.9 Å². The van der Waals surface area contributed by atoms with E-state index in [1.54, 1.807) is 19.1 Å². The largest absolute Gasteiger partial charge is 0.477 e. The Labute approximate surface area is 122 Å². The SMILES string of the molecule is CCOC(=O)CSC(=CC=Cc1ccccc1)C(=O)O. The van der Waals surface area contributed by atoms with Gasteiger partial charge >= 0.3 is 11.9 Å². The minimum atomic E-state index is -1.06. The standard InChI is InChI=1S/C15H16O4S/c1-2-19-14(16)11-20-13(15(17)18)10-6-9-12-7-4-3-5-8-12/h3-10H,2,11H2,1H3,(H,17,18). The first-order chi connectivity index (χ1) is 9.63. The van der Waals surface area contributed by atoms with Crippen LogP contribution >= 0.6 is 11.8 Å². The molecule has 0 atom stereocenters. The van der Waals surface area contributed by atoms with E-state index >= 15 is 0 Å². The molecule has 4 nitrogen and oxygen atoms in total. The number of rotatable bonds is 7. The highest BCUT2D eigenvalue weighted by molar-refractivity contribution is 8.04. The first-order valence-electron chi connectivity index (χ1n) is 6.08. The molecule has 1 aromatic carbocycles. The molecule has 0 aliphatic carbocycles. The normalized spacial score (nSPS) is 11.6. The van der Waals surface area contributed by atoms with Crippen molar-refractivity contribution >= 4 is 29.8 Å². The third-order valence-electron chi connectivity index (χ3n) is 2.20. The number of allylic oxidation sites excluding steroid dienone is 2. The highest BCUT2D eigenvalue weighted by Gasteiger charge is 2.10. The highest BCUT2D eigenvalue weighted by atomic mass is 32.2. The van der Waals surface area contributed by atoms with E-state index in [0.717, 1.165) is 17.3 Å². The summed E-state index contributed by atoms with van der Waals surface area (Å²) in [7, 11) is 0. The molecule has 1 N–H and O–H groups in total. The minimum Gasteiger partial charge on any atom is -0.477 e. The van der Waals surface area contributed by atoms with Crippen LogP contribution in [0.2, 0.25) is 0 Å². The molecule has 0 fully saturated rings. The molecule has 0 aliphatic heterocycles. The van der Waals surface area contributed by atoms with Crippen LogP contribution in [-0.4, -0.2) is 29.4 Å². The van der Waals surface area contributed by atoms with E-state index in [2.05, 4.69) is 0 Å². The quantitative estimate of drug-likeness (QED) is 0.475. The van der Waals surface area contributed by atoms with Gasteiger partial charge in [0.2, 0.25) is 0 Å². The van der Waals surface area contributed by atoms with Gasteiger partial charge in [-0.1, -0.05) is 42.5 Å². The zero-order valence-electron chi connectivity index (χ0n) is 11.1. The number of esters is 1. The molecule has 0 amide bonds. The number of thioether (sulfide) groups is 1. The first-order valence-corrected chi connectivity index (χ1v) is 7.07. The van der Waals surface area contributed by atoms with Gasteiger partial charge in [0.25, 0.3) is 0 Å². The summed E-state index contributed by atoms with van der Waals surface area (Å²) in [4.78, 5) is 22.3. The van der Waals surface area contributed by atoms with Gasteiger partial charge in [0.05, 0.1) is 17.3 Å². The van der Waals surface area contributed by atoms with Gasteiger partial charge in [-0.05, 0) is 18.6 Å². The number of aliphatic carboxylic acids is 1. The van der Waals surface area contributed by atoms with E-state index in [-0.39, 0.29) is 10.7 Å². The van der Waals surface area contributed by atoms with E-state index in [1.807, 2.05) is 30.3 Å². The molecule has 20 heavy (non-hydrogen) atoms. The van der Waals surface area contributed by atoms with Crippen LogP contribution in [0, 0.1) is 0 Å². The van der Waals surface area contributed by atoms with E-state index in [1.165, 1.54) is 6.08 Å². The summed E-state index contributed by atoms with van der Waals surface area (Å²) in [5.41, 5.74) is 0.976. The fourth-order valence-corrected chi connectivity index (χ4v) is 1.99. The third-order valence-corrected chi connectivity index (χ3v) is 3.20. The summed E-state index contributed by atoms with van der Waals surface area (Å²) in [6.07, 6.45) is 4.92. The average molecular weight is 292 g/mol. The van der Waals surface area contributed by atoms with Crippen LogP contribution in [-0.2, 0) is 14.3 Å². The Morgan fingerprint density at radius 3 is 2.60 bits per heavy atom. The molecule has 0 unspecified atom stereocenters. The van der Waals surface area contributed by atoms with Crippen LogP contribution in [0.5, 0.6) is 0 Å². The highest BCUT2D eigenvalue weighted by Crippen LogP contribution is 2.16. The molecule has 106 valence electrons. The van der Waals surface area contributed by atoms with E-state index in [0.29, 0.717) is 6.61 Å². The van der Waals surface area contributed by atoms with Crippen molar-refractivity contribution < 1.29 is 19.4 Å². The summed E-state index contributed by atoms with van der Waals surface area (Å²) in [5.74, 6) is -1.49. The second kappa shape index (κ2) is 8.98. The summed E-state index contributed by atoms with van der Waals surface area (Å²) in [6.45, 7) is 2.00. The Morgan fingerprint density at radius 2 is 2.00 bits per heavy atom. The van der Waals surface area contributed by atoms with Crippen molar-refractivity contribution in [1.29, 1.82) is 0 Å². The van der Waals surface area contributed by atoms with Crippen LogP contribution in [0.15, 0.2) is 47.4 Å². The van der Waals surface area contributed by atoms with Gasteiger partial charge in [0.15, 0.2) is 0 Å². The van der Waals surface area contributed by atoms with Gasteiger partial charge in [-0.15, -0.1) is 11.8 Å². The number of hydrogen-bond acceptors (Lipinski definition) is 4. The zero-order chi connectivity index (χ0) is 14.8. The van der Waals surface area contributed by atoms with Crippen LogP contribution < -0.4 is 0 Å². The van der Waals surface area contributed by atoms with Gasteiger partial charge in [-0.25, -0.2) is 4.79 Å². The molecule has 5 heteroatoms. The fourth-order valence-electron chi connectivity index (χ4n) is 1.33. The van der Waals surface area contributed by atoms with Crippen LogP contribution in [0.3, 0.4) is 0 Å². The second-order valence-corrected chi connectivity index (χ2v) is 4.72. The summed E-state index contributed by atoms with van der Waals surface area (Å²) in [6, 6.07) is 9.53. The molecule has 1 aromatic rings. The number of carboxylic acid groups (broad SMARTS) is 1. The number of benzene rings is 1. The van der Waals surface area contributed by atoms with Crippen molar-refractivity contribution in [2.75, 3.05) is 12.4 Å². The van der Waals surface area contributed by atoms with Gasteiger partial charge in [0, 0.05) is 0 Å². The Morgan fingerprint density at radius 1 is 1.30 bits per heavy atom. The Balaban J connectivity index is 2.62. The summed E-state index contributed by atoms with van der Waals surface area (Å²) < 4.78 is 4.75. The molecule has 0 aromatic heterocycles. The monoisotopic (exact) mass is 292 g/mol. The van der Waals surface area contributed by atoms with Crippen molar-refractivity contribution in [2.24, 2.45) is 0 Å². The summed E-state index contributed by atoms with van der Waals surface area (Å²) >= 11 is 0.949. The van der Waals surface area contributed by atoms with Crippen LogP contribution in [0.4, 0.5) is 0 Å². The van der Waals surface area contributed by atoms with Gasteiger partial charge in [-0.2, -0.15) is 0 Å². The lowest BCUT2D eigenvalue weighted by molar-refractivity contribution is -0.139. The Hall–Kier alpha value is -2.01. The van der Waals surface area contributed by atoms with Gasteiger partial charge in [-0.3, -0.25) is 4.79 Å². The Bertz CT molecular complexity index is 506. The number of carbonyl (C=O) groups is 2. The fraction of sp³-hybridized carbons (Fsp3) is 0.200. The van der Waals surface area contributed by atoms with Gasteiger partial charge in [0.1, 0.15) is 0 Å². The van der Waals surface area contributed by atoms with Crippen molar-refractivity contribution in [3.05, 3.63) is 53.0 Å². The van der Waals surface area contributed by atoms with Gasteiger partial charge < -0.3 is 9.84 Å². The predicted molar refractivity (Wildman–Crippen MR) is 80.3 cm³/mol. The molecule has 0 saturated heterocycles. The average Bonchev–Trinajstić information content (AvgIpc) is 2.43.